The fourth-order valence-corrected chi connectivity index (χ4v) is 2.11. The number of amides is 1. The van der Waals surface area contributed by atoms with Crippen LogP contribution in [0.1, 0.15) is 11.3 Å². The zero-order chi connectivity index (χ0) is 18.4. The van der Waals surface area contributed by atoms with E-state index in [1.54, 1.807) is 13.0 Å². The third kappa shape index (κ3) is 5.16. The van der Waals surface area contributed by atoms with E-state index < -0.39 is 6.36 Å². The Morgan fingerprint density at radius 2 is 2.00 bits per heavy atom. The lowest BCUT2D eigenvalue weighted by atomic mass is 10.0. The highest BCUT2D eigenvalue weighted by atomic mass is 19.4. The Morgan fingerprint density at radius 1 is 1.24 bits per heavy atom. The first-order valence-corrected chi connectivity index (χ1v) is 6.83. The third-order valence-corrected chi connectivity index (χ3v) is 3.06. The lowest BCUT2D eigenvalue weighted by Gasteiger charge is -2.14. The average molecular weight is 355 g/mol. The quantitative estimate of drug-likeness (QED) is 0.560. The van der Waals surface area contributed by atoms with Crippen molar-refractivity contribution in [2.24, 2.45) is 0 Å². The molecular weight excluding hydrogens is 343 g/mol. The van der Waals surface area contributed by atoms with E-state index in [-0.39, 0.29) is 18.8 Å². The van der Waals surface area contributed by atoms with E-state index >= 15 is 0 Å². The second-order valence-electron chi connectivity index (χ2n) is 4.84. The summed E-state index contributed by atoms with van der Waals surface area (Å²) in [4.78, 5) is 25.4. The van der Waals surface area contributed by atoms with Crippen molar-refractivity contribution in [3.63, 3.8) is 0 Å². The van der Waals surface area contributed by atoms with E-state index in [2.05, 4.69) is 19.8 Å². The van der Waals surface area contributed by atoms with Crippen LogP contribution >= 0.6 is 0 Å². The first-order chi connectivity index (χ1) is 11.8. The van der Waals surface area contributed by atoms with Crippen LogP contribution in [0.15, 0.2) is 30.5 Å². The minimum absolute atomic E-state index is 0.0925. The number of rotatable bonds is 7. The van der Waals surface area contributed by atoms with Crippen LogP contribution in [0.25, 0.3) is 11.1 Å². The Kier molecular flexibility index (Phi) is 5.52. The molecule has 7 nitrogen and oxygen atoms in total. The second kappa shape index (κ2) is 7.60. The van der Waals surface area contributed by atoms with Crippen molar-refractivity contribution in [1.29, 1.82) is 0 Å². The molecule has 10 heteroatoms. The number of aryl methyl sites for hydroxylation is 1. The average Bonchev–Trinajstić information content (AvgIpc) is 2.53. The molecule has 1 aromatic carbocycles. The number of nitrogens with zero attached hydrogens (tertiary/aromatic N) is 3. The van der Waals surface area contributed by atoms with Gasteiger partial charge in [-0.25, -0.2) is 0 Å². The van der Waals surface area contributed by atoms with Crippen LogP contribution in [0.2, 0.25) is 0 Å². The van der Waals surface area contributed by atoms with E-state index in [0.29, 0.717) is 33.9 Å². The van der Waals surface area contributed by atoms with Gasteiger partial charge in [0.2, 0.25) is 6.41 Å². The standard InChI is InChI=1S/C15H12F3N3O4/c1-10-4-13(25-15(16,17)18)2-3-14(10)11-5-12(20-19-6-11)7-21(8-22)24-9-23/h2-6,8-9H,7H2,1H3. The molecule has 2 rings (SSSR count). The van der Waals surface area contributed by atoms with Crippen LogP contribution in [0.4, 0.5) is 13.2 Å². The van der Waals surface area contributed by atoms with Crippen molar-refractivity contribution in [1.82, 2.24) is 15.3 Å². The molecule has 25 heavy (non-hydrogen) atoms. The van der Waals surface area contributed by atoms with Gasteiger partial charge in [0.25, 0.3) is 0 Å². The Hall–Kier alpha value is -3.17. The van der Waals surface area contributed by atoms with Crippen LogP contribution in [0.3, 0.4) is 0 Å². The van der Waals surface area contributed by atoms with E-state index in [0.717, 1.165) is 0 Å². The van der Waals surface area contributed by atoms with E-state index in [4.69, 9.17) is 0 Å². The SMILES string of the molecule is Cc1cc(OC(F)(F)F)ccc1-c1cnnc(CN(C=O)OC=O)c1. The molecule has 0 bridgehead atoms. The van der Waals surface area contributed by atoms with Crippen molar-refractivity contribution in [2.75, 3.05) is 0 Å². The van der Waals surface area contributed by atoms with Gasteiger partial charge in [0, 0.05) is 5.56 Å². The first-order valence-electron chi connectivity index (χ1n) is 6.83. The van der Waals surface area contributed by atoms with E-state index in [1.165, 1.54) is 24.4 Å². The van der Waals surface area contributed by atoms with E-state index in [1.807, 2.05) is 0 Å². The summed E-state index contributed by atoms with van der Waals surface area (Å²) in [5.74, 6) is -0.331. The number of halogens is 3. The van der Waals surface area contributed by atoms with Crippen molar-refractivity contribution in [3.05, 3.63) is 41.7 Å². The number of hydrogen-bond acceptors (Lipinski definition) is 6. The minimum Gasteiger partial charge on any atom is -0.406 e. The van der Waals surface area contributed by atoms with Crippen LogP contribution in [-0.2, 0) is 21.0 Å². The predicted molar refractivity (Wildman–Crippen MR) is 77.6 cm³/mol. The second-order valence-corrected chi connectivity index (χ2v) is 4.84. The summed E-state index contributed by atoms with van der Waals surface area (Å²) in [5.41, 5.74) is 2.02. The molecule has 0 aliphatic heterocycles. The molecule has 1 amide bonds. The third-order valence-electron chi connectivity index (χ3n) is 3.06. The van der Waals surface area contributed by atoms with Gasteiger partial charge in [0.1, 0.15) is 12.3 Å². The van der Waals surface area contributed by atoms with Crippen molar-refractivity contribution in [2.45, 2.75) is 19.8 Å². The number of carbonyl (C=O) groups is 2. The summed E-state index contributed by atoms with van der Waals surface area (Å²) < 4.78 is 40.6. The van der Waals surface area contributed by atoms with Gasteiger partial charge >= 0.3 is 12.8 Å². The summed E-state index contributed by atoms with van der Waals surface area (Å²) in [5, 5.41) is 8.31. The molecule has 0 radical (unpaired) electrons. The largest absolute Gasteiger partial charge is 0.573 e. The Labute approximate surface area is 139 Å². The number of hydrogen-bond donors (Lipinski definition) is 0. The zero-order valence-electron chi connectivity index (χ0n) is 12.9. The van der Waals surface area contributed by atoms with Crippen LogP contribution < -0.4 is 4.74 Å². The maximum absolute atomic E-state index is 12.3. The van der Waals surface area contributed by atoms with Gasteiger partial charge in [-0.05, 0) is 36.2 Å². The van der Waals surface area contributed by atoms with Crippen LogP contribution in [-0.4, -0.2) is 34.5 Å². The molecule has 0 atom stereocenters. The van der Waals surface area contributed by atoms with Crippen molar-refractivity contribution < 1.29 is 32.3 Å². The molecule has 0 N–H and O–H groups in total. The Morgan fingerprint density at radius 3 is 2.60 bits per heavy atom. The van der Waals surface area contributed by atoms with Crippen molar-refractivity contribution in [3.8, 4) is 16.9 Å². The Balaban J connectivity index is 2.25. The molecule has 132 valence electrons. The molecule has 0 saturated heterocycles. The molecule has 0 spiro atoms. The number of carbonyl (C=O) groups excluding carboxylic acids is 2. The maximum atomic E-state index is 12.3. The lowest BCUT2D eigenvalue weighted by Crippen LogP contribution is -2.21. The summed E-state index contributed by atoms with van der Waals surface area (Å²) in [6, 6.07) is 5.46. The van der Waals surface area contributed by atoms with E-state index in [9.17, 15) is 22.8 Å². The number of ether oxygens (including phenoxy) is 1. The predicted octanol–water partition coefficient (Wildman–Crippen LogP) is 2.40. The lowest BCUT2D eigenvalue weighted by molar-refractivity contribution is -0.274. The summed E-state index contributed by atoms with van der Waals surface area (Å²) in [7, 11) is 0. The minimum atomic E-state index is -4.77. The monoisotopic (exact) mass is 355 g/mol. The van der Waals surface area contributed by atoms with Gasteiger partial charge in [-0.3, -0.25) is 9.59 Å². The number of hydroxylamine groups is 2. The smallest absolute Gasteiger partial charge is 0.406 e. The fourth-order valence-electron chi connectivity index (χ4n) is 2.11. The highest BCUT2D eigenvalue weighted by Crippen LogP contribution is 2.29. The molecule has 2 aromatic rings. The fraction of sp³-hybridized carbons (Fsp3) is 0.200. The summed E-state index contributed by atoms with van der Waals surface area (Å²) >= 11 is 0. The highest BCUT2D eigenvalue weighted by molar-refractivity contribution is 5.67. The number of benzene rings is 1. The van der Waals surface area contributed by atoms with Crippen LogP contribution in [0.5, 0.6) is 5.75 Å². The molecule has 0 aliphatic rings. The van der Waals surface area contributed by atoms with Gasteiger partial charge in [-0.2, -0.15) is 15.3 Å². The van der Waals surface area contributed by atoms with Crippen molar-refractivity contribution >= 4 is 12.9 Å². The van der Waals surface area contributed by atoms with Gasteiger partial charge in [0.15, 0.2) is 0 Å². The molecule has 0 fully saturated rings. The zero-order valence-corrected chi connectivity index (χ0v) is 12.9. The molecular formula is C15H12F3N3O4. The molecule has 0 saturated carbocycles. The van der Waals surface area contributed by atoms with Gasteiger partial charge in [0.05, 0.1) is 11.9 Å². The normalized spacial score (nSPS) is 10.9. The van der Waals surface area contributed by atoms with Gasteiger partial charge in [-0.1, -0.05) is 6.07 Å². The Bertz CT molecular complexity index is 768. The van der Waals surface area contributed by atoms with Gasteiger partial charge in [-0.15, -0.1) is 13.2 Å². The molecule has 0 aliphatic carbocycles. The maximum Gasteiger partial charge on any atom is 0.573 e. The summed E-state index contributed by atoms with van der Waals surface area (Å²) in [6.45, 7) is 1.58. The molecule has 1 heterocycles. The number of alkyl halides is 3. The van der Waals surface area contributed by atoms with Gasteiger partial charge < -0.3 is 9.57 Å². The molecule has 0 unspecified atom stereocenters. The highest BCUT2D eigenvalue weighted by Gasteiger charge is 2.31. The van der Waals surface area contributed by atoms with Crippen LogP contribution in [0, 0.1) is 6.92 Å². The first kappa shape index (κ1) is 18.2. The number of aromatic nitrogens is 2. The summed E-state index contributed by atoms with van der Waals surface area (Å²) in [6.07, 6.45) is -3.05. The topological polar surface area (TPSA) is 81.6 Å². The molecule has 1 aromatic heterocycles.